The van der Waals surface area contributed by atoms with E-state index in [1.165, 1.54) is 6.07 Å². The van der Waals surface area contributed by atoms with Crippen molar-refractivity contribution in [2.45, 2.75) is 45.8 Å². The largest absolute Gasteiger partial charge is 0.326 e. The average Bonchev–Trinajstić information content (AvgIpc) is 3.45. The SMILES string of the molecule is CN[C@H]1CCN(Cc2ccc(Nc3ncc(F)c(-c4cc(F)c5nc(C)n(C(C)C)c5c4)n3)nc2)C1. The summed E-state index contributed by atoms with van der Waals surface area (Å²) in [6.45, 7) is 8.73. The van der Waals surface area contributed by atoms with Crippen molar-refractivity contribution in [2.24, 2.45) is 0 Å². The number of pyridine rings is 1. The zero-order chi connectivity index (χ0) is 25.4. The third-order valence-electron chi connectivity index (χ3n) is 6.61. The number of nitrogens with one attached hydrogen (secondary N) is 2. The zero-order valence-electron chi connectivity index (χ0n) is 20.9. The Morgan fingerprint density at radius 3 is 2.61 bits per heavy atom. The number of halogens is 2. The van der Waals surface area contributed by atoms with Gasteiger partial charge in [0.05, 0.1) is 11.7 Å². The van der Waals surface area contributed by atoms with E-state index < -0.39 is 11.6 Å². The molecular formula is C26H30F2N8. The number of aryl methyl sites for hydroxylation is 1. The summed E-state index contributed by atoms with van der Waals surface area (Å²) in [4.78, 5) is 19.6. The average molecular weight is 493 g/mol. The van der Waals surface area contributed by atoms with Gasteiger partial charge in [0.25, 0.3) is 0 Å². The number of aromatic nitrogens is 5. The lowest BCUT2D eigenvalue weighted by atomic mass is 10.1. The molecule has 0 aliphatic carbocycles. The molecule has 0 spiro atoms. The Labute approximate surface area is 208 Å². The van der Waals surface area contributed by atoms with Gasteiger partial charge in [0.1, 0.15) is 22.9 Å². The normalized spacial score (nSPS) is 16.4. The van der Waals surface area contributed by atoms with Gasteiger partial charge in [-0.05, 0) is 58.0 Å². The minimum atomic E-state index is -0.638. The highest BCUT2D eigenvalue weighted by Gasteiger charge is 2.21. The number of hydrogen-bond donors (Lipinski definition) is 2. The van der Waals surface area contributed by atoms with E-state index in [4.69, 9.17) is 0 Å². The summed E-state index contributed by atoms with van der Waals surface area (Å²) < 4.78 is 31.6. The molecule has 0 unspecified atom stereocenters. The minimum Gasteiger partial charge on any atom is -0.326 e. The predicted molar refractivity (Wildman–Crippen MR) is 136 cm³/mol. The van der Waals surface area contributed by atoms with Crippen LogP contribution in [-0.2, 0) is 6.54 Å². The van der Waals surface area contributed by atoms with Gasteiger partial charge in [-0.1, -0.05) is 6.07 Å². The van der Waals surface area contributed by atoms with Crippen LogP contribution in [0.5, 0.6) is 0 Å². The maximum atomic E-state index is 14.9. The van der Waals surface area contributed by atoms with Crippen LogP contribution < -0.4 is 10.6 Å². The highest BCUT2D eigenvalue weighted by atomic mass is 19.1. The first-order valence-corrected chi connectivity index (χ1v) is 12.1. The van der Waals surface area contributed by atoms with Gasteiger partial charge in [0.15, 0.2) is 11.6 Å². The fourth-order valence-electron chi connectivity index (χ4n) is 4.86. The molecule has 1 aliphatic heterocycles. The lowest BCUT2D eigenvalue weighted by Crippen LogP contribution is -2.29. The van der Waals surface area contributed by atoms with E-state index in [0.717, 1.165) is 37.8 Å². The second kappa shape index (κ2) is 9.87. The number of likely N-dealkylation sites (tertiary alicyclic amines) is 1. The smallest absolute Gasteiger partial charge is 0.229 e. The van der Waals surface area contributed by atoms with Gasteiger partial charge < -0.3 is 15.2 Å². The number of hydrogen-bond acceptors (Lipinski definition) is 7. The first-order chi connectivity index (χ1) is 17.3. The zero-order valence-corrected chi connectivity index (χ0v) is 20.9. The lowest BCUT2D eigenvalue weighted by molar-refractivity contribution is 0.322. The van der Waals surface area contributed by atoms with Crippen molar-refractivity contribution in [3.63, 3.8) is 0 Å². The summed E-state index contributed by atoms with van der Waals surface area (Å²) in [6.07, 6.45) is 4.04. The van der Waals surface area contributed by atoms with Gasteiger partial charge in [-0.15, -0.1) is 0 Å². The van der Waals surface area contributed by atoms with Gasteiger partial charge in [0, 0.05) is 43.5 Å². The first kappa shape index (κ1) is 24.2. The first-order valence-electron chi connectivity index (χ1n) is 12.1. The minimum absolute atomic E-state index is 0.00667. The Bertz CT molecular complexity index is 1380. The molecule has 8 nitrogen and oxygen atoms in total. The summed E-state index contributed by atoms with van der Waals surface area (Å²) in [6, 6.07) is 7.44. The second-order valence-corrected chi connectivity index (χ2v) is 9.52. The van der Waals surface area contributed by atoms with E-state index in [2.05, 4.69) is 35.5 Å². The number of fused-ring (bicyclic) bond motifs is 1. The number of nitrogens with zero attached hydrogens (tertiary/aromatic N) is 6. The van der Waals surface area contributed by atoms with E-state index in [0.29, 0.717) is 28.8 Å². The van der Waals surface area contributed by atoms with Crippen molar-refractivity contribution in [3.05, 3.63) is 59.7 Å². The van der Waals surface area contributed by atoms with Crippen LogP contribution in [0.1, 0.15) is 37.7 Å². The Morgan fingerprint density at radius 2 is 1.92 bits per heavy atom. The molecule has 0 bridgehead atoms. The lowest BCUT2D eigenvalue weighted by Gasteiger charge is -2.16. The Kier molecular flexibility index (Phi) is 6.63. The highest BCUT2D eigenvalue weighted by molar-refractivity contribution is 5.83. The van der Waals surface area contributed by atoms with Crippen LogP contribution in [0, 0.1) is 18.6 Å². The molecule has 10 heteroatoms. The molecule has 188 valence electrons. The standard InChI is InChI=1S/C26H30F2N8/c1-15(2)36-16(3)32-25-20(27)9-18(10-22(25)36)24-21(28)12-31-26(34-24)33-23-6-5-17(11-30-23)13-35-8-7-19(14-35)29-4/h5-6,9-12,15,19,29H,7-8,13-14H2,1-4H3,(H,30,31,33,34)/t19-/m0/s1. The van der Waals surface area contributed by atoms with E-state index in [1.807, 2.05) is 50.7 Å². The molecule has 5 rings (SSSR count). The Hall–Kier alpha value is -3.50. The summed E-state index contributed by atoms with van der Waals surface area (Å²) >= 11 is 0. The third kappa shape index (κ3) is 4.78. The number of likely N-dealkylation sites (N-methyl/N-ethyl adjacent to an activating group) is 1. The molecule has 4 aromatic rings. The molecule has 1 fully saturated rings. The summed E-state index contributed by atoms with van der Waals surface area (Å²) in [5.74, 6) is 0.259. The number of anilines is 2. The van der Waals surface area contributed by atoms with E-state index in [-0.39, 0.29) is 23.2 Å². The van der Waals surface area contributed by atoms with Gasteiger partial charge in [-0.3, -0.25) is 4.90 Å². The molecular weight excluding hydrogens is 462 g/mol. The van der Waals surface area contributed by atoms with Crippen LogP contribution in [0.4, 0.5) is 20.5 Å². The molecule has 3 aromatic heterocycles. The topological polar surface area (TPSA) is 83.8 Å². The van der Waals surface area contributed by atoms with Crippen LogP contribution in [0.15, 0.2) is 36.7 Å². The Morgan fingerprint density at radius 1 is 1.08 bits per heavy atom. The molecule has 4 heterocycles. The van der Waals surface area contributed by atoms with Crippen LogP contribution in [0.2, 0.25) is 0 Å². The fraction of sp³-hybridized carbons (Fsp3) is 0.385. The quantitative estimate of drug-likeness (QED) is 0.390. The van der Waals surface area contributed by atoms with Gasteiger partial charge in [-0.2, -0.15) is 0 Å². The van der Waals surface area contributed by atoms with Gasteiger partial charge >= 0.3 is 0 Å². The number of imidazole rings is 1. The summed E-state index contributed by atoms with van der Waals surface area (Å²) in [7, 11) is 2.00. The van der Waals surface area contributed by atoms with Crippen molar-refractivity contribution in [1.29, 1.82) is 0 Å². The van der Waals surface area contributed by atoms with Crippen molar-refractivity contribution >= 4 is 22.8 Å². The van der Waals surface area contributed by atoms with Crippen molar-refractivity contribution in [3.8, 4) is 11.3 Å². The molecule has 0 amide bonds. The van der Waals surface area contributed by atoms with Crippen molar-refractivity contribution < 1.29 is 8.78 Å². The van der Waals surface area contributed by atoms with Crippen LogP contribution >= 0.6 is 0 Å². The van der Waals surface area contributed by atoms with Crippen LogP contribution in [-0.4, -0.2) is 55.6 Å². The number of rotatable bonds is 7. The molecule has 2 N–H and O–H groups in total. The molecule has 36 heavy (non-hydrogen) atoms. The molecule has 1 aromatic carbocycles. The van der Waals surface area contributed by atoms with Crippen molar-refractivity contribution in [1.82, 2.24) is 34.7 Å². The van der Waals surface area contributed by atoms with Crippen molar-refractivity contribution in [2.75, 3.05) is 25.5 Å². The number of benzene rings is 1. The molecule has 0 saturated carbocycles. The predicted octanol–water partition coefficient (Wildman–Crippen LogP) is 4.59. The maximum absolute atomic E-state index is 14.9. The molecule has 1 saturated heterocycles. The Balaban J connectivity index is 1.38. The molecule has 1 aliphatic rings. The van der Waals surface area contributed by atoms with E-state index in [1.54, 1.807) is 6.07 Å². The third-order valence-corrected chi connectivity index (χ3v) is 6.61. The monoisotopic (exact) mass is 492 g/mol. The van der Waals surface area contributed by atoms with E-state index in [9.17, 15) is 8.78 Å². The van der Waals surface area contributed by atoms with E-state index >= 15 is 0 Å². The van der Waals surface area contributed by atoms with Gasteiger partial charge in [0.2, 0.25) is 5.95 Å². The van der Waals surface area contributed by atoms with Gasteiger partial charge in [-0.25, -0.2) is 28.7 Å². The maximum Gasteiger partial charge on any atom is 0.229 e. The van der Waals surface area contributed by atoms with Crippen LogP contribution in [0.3, 0.4) is 0 Å². The van der Waals surface area contributed by atoms with Crippen LogP contribution in [0.25, 0.3) is 22.3 Å². The molecule has 1 atom stereocenters. The summed E-state index contributed by atoms with van der Waals surface area (Å²) in [5.41, 5.74) is 2.29. The highest BCUT2D eigenvalue weighted by Crippen LogP contribution is 2.30. The summed E-state index contributed by atoms with van der Waals surface area (Å²) in [5, 5.41) is 6.35. The second-order valence-electron chi connectivity index (χ2n) is 9.52. The fourth-order valence-corrected chi connectivity index (χ4v) is 4.86. The molecule has 0 radical (unpaired) electrons.